The Bertz CT molecular complexity index is 929. The van der Waals surface area contributed by atoms with E-state index in [4.69, 9.17) is 16.3 Å². The van der Waals surface area contributed by atoms with Crippen LogP contribution in [0.2, 0.25) is 5.02 Å². The predicted molar refractivity (Wildman–Crippen MR) is 109 cm³/mol. The second-order valence-electron chi connectivity index (χ2n) is 6.62. The van der Waals surface area contributed by atoms with E-state index in [1.165, 1.54) is 7.11 Å². The number of nitrogens with zero attached hydrogens (tertiary/aromatic N) is 1. The van der Waals surface area contributed by atoms with Crippen LogP contribution in [0.3, 0.4) is 0 Å². The van der Waals surface area contributed by atoms with Crippen molar-refractivity contribution in [3.8, 4) is 5.75 Å². The summed E-state index contributed by atoms with van der Waals surface area (Å²) < 4.78 is 10.2. The highest BCUT2D eigenvalue weighted by atomic mass is 35.5. The van der Waals surface area contributed by atoms with Crippen LogP contribution in [-0.4, -0.2) is 31.0 Å². The minimum atomic E-state index is -0.615. The number of anilines is 2. The SMILES string of the molecule is COC(=O)CCC(=O)Nc1ccc2c(c1)N(Cc1ccc(Cl)cc1)C(=O)C(C)O2. The molecule has 0 saturated carbocycles. The molecule has 8 heteroatoms. The standard InChI is InChI=1S/C21H21ClN2O5/c1-13-21(27)24(12-14-3-5-15(22)6-4-14)17-11-16(7-8-18(17)29-13)23-19(25)9-10-20(26)28-2/h3-8,11,13H,9-10,12H2,1-2H3,(H,23,25). The lowest BCUT2D eigenvalue weighted by molar-refractivity contribution is -0.141. The molecule has 0 fully saturated rings. The molecule has 0 spiro atoms. The van der Waals surface area contributed by atoms with Gasteiger partial charge in [0.05, 0.1) is 25.8 Å². The van der Waals surface area contributed by atoms with Crippen LogP contribution in [0.15, 0.2) is 42.5 Å². The molecular formula is C21H21ClN2O5. The van der Waals surface area contributed by atoms with Crippen LogP contribution >= 0.6 is 11.6 Å². The monoisotopic (exact) mass is 416 g/mol. The number of halogens is 1. The predicted octanol–water partition coefficient (Wildman–Crippen LogP) is 3.55. The summed E-state index contributed by atoms with van der Waals surface area (Å²) in [6.45, 7) is 2.04. The molecule has 1 heterocycles. The number of ether oxygens (including phenoxy) is 2. The lowest BCUT2D eigenvalue weighted by Gasteiger charge is -2.33. The largest absolute Gasteiger partial charge is 0.479 e. The Hall–Kier alpha value is -3.06. The number of benzene rings is 2. The molecule has 1 unspecified atom stereocenters. The van der Waals surface area contributed by atoms with E-state index in [0.29, 0.717) is 28.7 Å². The average molecular weight is 417 g/mol. The topological polar surface area (TPSA) is 84.9 Å². The van der Waals surface area contributed by atoms with Crippen LogP contribution in [-0.2, 0) is 25.7 Å². The van der Waals surface area contributed by atoms with E-state index in [0.717, 1.165) is 5.56 Å². The molecular weight excluding hydrogens is 396 g/mol. The lowest BCUT2D eigenvalue weighted by atomic mass is 10.1. The van der Waals surface area contributed by atoms with Crippen molar-refractivity contribution >= 4 is 40.8 Å². The van der Waals surface area contributed by atoms with Gasteiger partial charge in [0, 0.05) is 17.1 Å². The normalized spacial score (nSPS) is 15.3. The van der Waals surface area contributed by atoms with Gasteiger partial charge in [-0.25, -0.2) is 0 Å². The summed E-state index contributed by atoms with van der Waals surface area (Å²) >= 11 is 5.94. The van der Waals surface area contributed by atoms with Crippen LogP contribution in [0.1, 0.15) is 25.3 Å². The number of rotatable bonds is 6. The molecule has 7 nitrogen and oxygen atoms in total. The first-order valence-electron chi connectivity index (χ1n) is 9.10. The van der Waals surface area contributed by atoms with E-state index >= 15 is 0 Å². The van der Waals surface area contributed by atoms with Crippen molar-refractivity contribution in [3.63, 3.8) is 0 Å². The van der Waals surface area contributed by atoms with Crippen LogP contribution in [0, 0.1) is 0 Å². The van der Waals surface area contributed by atoms with E-state index in [1.807, 2.05) is 12.1 Å². The molecule has 1 aliphatic rings. The number of esters is 1. The molecule has 0 saturated heterocycles. The molecule has 0 radical (unpaired) electrons. The summed E-state index contributed by atoms with van der Waals surface area (Å²) in [7, 11) is 1.27. The third kappa shape index (κ3) is 5.06. The number of hydrogen-bond acceptors (Lipinski definition) is 5. The summed E-state index contributed by atoms with van der Waals surface area (Å²) in [6.07, 6.45) is -0.616. The van der Waals surface area contributed by atoms with E-state index in [-0.39, 0.29) is 24.7 Å². The van der Waals surface area contributed by atoms with Gasteiger partial charge in [-0.1, -0.05) is 23.7 Å². The zero-order chi connectivity index (χ0) is 21.0. The van der Waals surface area contributed by atoms with Crippen molar-refractivity contribution in [2.45, 2.75) is 32.4 Å². The van der Waals surface area contributed by atoms with Crippen LogP contribution < -0.4 is 15.0 Å². The first-order chi connectivity index (χ1) is 13.9. The summed E-state index contributed by atoms with van der Waals surface area (Å²) in [5.41, 5.74) is 1.98. The maximum absolute atomic E-state index is 12.7. The Labute approximate surface area is 173 Å². The van der Waals surface area contributed by atoms with Gasteiger partial charge in [-0.3, -0.25) is 14.4 Å². The second-order valence-corrected chi connectivity index (χ2v) is 7.05. The zero-order valence-electron chi connectivity index (χ0n) is 16.1. The highest BCUT2D eigenvalue weighted by Gasteiger charge is 2.31. The molecule has 1 atom stereocenters. The summed E-state index contributed by atoms with van der Waals surface area (Å²) in [5.74, 6) is -0.399. The molecule has 2 amide bonds. The first kappa shape index (κ1) is 20.7. The summed E-state index contributed by atoms with van der Waals surface area (Å²) in [5, 5.41) is 3.35. The minimum absolute atomic E-state index is 0.00467. The minimum Gasteiger partial charge on any atom is -0.479 e. The molecule has 2 aromatic rings. The number of methoxy groups -OCH3 is 1. The van der Waals surface area contributed by atoms with Gasteiger partial charge in [0.25, 0.3) is 5.91 Å². The Morgan fingerprint density at radius 2 is 1.90 bits per heavy atom. The fourth-order valence-electron chi connectivity index (χ4n) is 2.96. The van der Waals surface area contributed by atoms with Crippen LogP contribution in [0.5, 0.6) is 5.75 Å². The maximum atomic E-state index is 12.7. The van der Waals surface area contributed by atoms with Gasteiger partial charge >= 0.3 is 5.97 Å². The highest BCUT2D eigenvalue weighted by Crippen LogP contribution is 2.37. The zero-order valence-corrected chi connectivity index (χ0v) is 16.9. The van der Waals surface area contributed by atoms with Gasteiger partial charge in [0.15, 0.2) is 6.10 Å². The fraction of sp³-hybridized carbons (Fsp3) is 0.286. The highest BCUT2D eigenvalue weighted by molar-refractivity contribution is 6.30. The summed E-state index contributed by atoms with van der Waals surface area (Å²) in [6, 6.07) is 12.3. The molecule has 0 aliphatic carbocycles. The van der Waals surface area contributed by atoms with Crippen molar-refractivity contribution in [1.82, 2.24) is 0 Å². The van der Waals surface area contributed by atoms with Crippen molar-refractivity contribution in [2.75, 3.05) is 17.3 Å². The quantitative estimate of drug-likeness (QED) is 0.728. The summed E-state index contributed by atoms with van der Waals surface area (Å²) in [4.78, 5) is 37.6. The number of carbonyl (C=O) groups excluding carboxylic acids is 3. The number of fused-ring (bicyclic) bond motifs is 1. The third-order valence-corrected chi connectivity index (χ3v) is 4.74. The third-order valence-electron chi connectivity index (χ3n) is 4.49. The van der Waals surface area contributed by atoms with Crippen molar-refractivity contribution in [1.29, 1.82) is 0 Å². The van der Waals surface area contributed by atoms with Gasteiger partial charge in [-0.15, -0.1) is 0 Å². The Morgan fingerprint density at radius 1 is 1.17 bits per heavy atom. The number of nitrogens with one attached hydrogen (secondary N) is 1. The number of carbonyl (C=O) groups is 3. The Morgan fingerprint density at radius 3 is 2.59 bits per heavy atom. The van der Waals surface area contributed by atoms with Crippen molar-refractivity contribution in [2.24, 2.45) is 0 Å². The fourth-order valence-corrected chi connectivity index (χ4v) is 3.09. The molecule has 1 aliphatic heterocycles. The molecule has 0 bridgehead atoms. The molecule has 29 heavy (non-hydrogen) atoms. The van der Waals surface area contributed by atoms with Crippen LogP contribution in [0.25, 0.3) is 0 Å². The smallest absolute Gasteiger partial charge is 0.306 e. The molecule has 3 rings (SSSR count). The van der Waals surface area contributed by atoms with E-state index in [2.05, 4.69) is 10.1 Å². The lowest BCUT2D eigenvalue weighted by Crippen LogP contribution is -2.44. The van der Waals surface area contributed by atoms with Gasteiger partial charge in [0.2, 0.25) is 5.91 Å². The Balaban J connectivity index is 1.80. The van der Waals surface area contributed by atoms with Crippen LogP contribution in [0.4, 0.5) is 11.4 Å². The van der Waals surface area contributed by atoms with Crippen molar-refractivity contribution in [3.05, 3.63) is 53.1 Å². The molecule has 2 aromatic carbocycles. The first-order valence-corrected chi connectivity index (χ1v) is 9.48. The number of hydrogen-bond donors (Lipinski definition) is 1. The molecule has 1 N–H and O–H groups in total. The van der Waals surface area contributed by atoms with Gasteiger partial charge in [-0.05, 0) is 42.8 Å². The maximum Gasteiger partial charge on any atom is 0.306 e. The Kier molecular flexibility index (Phi) is 6.39. The average Bonchev–Trinajstić information content (AvgIpc) is 2.71. The van der Waals surface area contributed by atoms with E-state index in [9.17, 15) is 14.4 Å². The van der Waals surface area contributed by atoms with Gasteiger partial charge in [0.1, 0.15) is 5.75 Å². The molecule has 152 valence electrons. The van der Waals surface area contributed by atoms with Gasteiger partial charge < -0.3 is 19.7 Å². The molecule has 0 aromatic heterocycles. The number of amides is 2. The van der Waals surface area contributed by atoms with Gasteiger partial charge in [-0.2, -0.15) is 0 Å². The second kappa shape index (κ2) is 8.96. The van der Waals surface area contributed by atoms with E-state index in [1.54, 1.807) is 42.2 Å². The van der Waals surface area contributed by atoms with Crippen molar-refractivity contribution < 1.29 is 23.9 Å². The van der Waals surface area contributed by atoms with E-state index < -0.39 is 12.1 Å².